The average Bonchev–Trinajstić information content (AvgIpc) is 3.26. The number of ether oxygens (including phenoxy) is 1. The number of likely N-dealkylation sites (tertiary alicyclic amines) is 1. The molecular formula is C23H39IN4O. The molecule has 0 aromatic heterocycles. The molecule has 0 aliphatic carbocycles. The molecule has 2 N–H and O–H groups in total. The molecule has 0 saturated carbocycles. The highest BCUT2D eigenvalue weighted by Gasteiger charge is 2.27. The Kier molecular flexibility index (Phi) is 10.7. The van der Waals surface area contributed by atoms with Crippen molar-refractivity contribution in [1.82, 2.24) is 15.5 Å². The number of aliphatic imine (C=N–C) groups is 1. The van der Waals surface area contributed by atoms with Crippen molar-refractivity contribution in [3.8, 4) is 0 Å². The van der Waals surface area contributed by atoms with Crippen LogP contribution in [0.1, 0.15) is 56.3 Å². The molecule has 3 unspecified atom stereocenters. The maximum atomic E-state index is 6.16. The van der Waals surface area contributed by atoms with E-state index < -0.39 is 0 Å². The third-order valence-corrected chi connectivity index (χ3v) is 6.24. The minimum atomic E-state index is 0. The maximum absolute atomic E-state index is 6.16. The molecule has 164 valence electrons. The van der Waals surface area contributed by atoms with E-state index in [2.05, 4.69) is 58.6 Å². The van der Waals surface area contributed by atoms with Gasteiger partial charge in [0.15, 0.2) is 5.96 Å². The molecule has 0 spiro atoms. The highest BCUT2D eigenvalue weighted by Crippen LogP contribution is 2.33. The number of hydrogen-bond donors (Lipinski definition) is 2. The second kappa shape index (κ2) is 12.7. The zero-order valence-electron chi connectivity index (χ0n) is 18.3. The van der Waals surface area contributed by atoms with E-state index in [1.54, 1.807) is 0 Å². The van der Waals surface area contributed by atoms with Crippen molar-refractivity contribution in [2.75, 3.05) is 39.8 Å². The predicted molar refractivity (Wildman–Crippen MR) is 132 cm³/mol. The van der Waals surface area contributed by atoms with Gasteiger partial charge in [-0.15, -0.1) is 24.0 Å². The normalized spacial score (nSPS) is 24.0. The SMILES string of the molecule is CCC(CNC(=NC)NCC1CCCOC1c1ccc(C)cc1)N1CCCC1.I. The van der Waals surface area contributed by atoms with Gasteiger partial charge in [0.25, 0.3) is 0 Å². The van der Waals surface area contributed by atoms with E-state index in [4.69, 9.17) is 4.74 Å². The molecule has 3 atom stereocenters. The van der Waals surface area contributed by atoms with Crippen molar-refractivity contribution in [1.29, 1.82) is 0 Å². The molecule has 1 aromatic carbocycles. The number of guanidine groups is 1. The van der Waals surface area contributed by atoms with Crippen molar-refractivity contribution >= 4 is 29.9 Å². The van der Waals surface area contributed by atoms with Gasteiger partial charge in [-0.25, -0.2) is 0 Å². The Morgan fingerprint density at radius 1 is 1.17 bits per heavy atom. The average molecular weight is 514 g/mol. The number of halogens is 1. The molecule has 5 nitrogen and oxygen atoms in total. The van der Waals surface area contributed by atoms with E-state index in [1.165, 1.54) is 49.9 Å². The lowest BCUT2D eigenvalue weighted by Gasteiger charge is -2.33. The largest absolute Gasteiger partial charge is 0.373 e. The van der Waals surface area contributed by atoms with Crippen LogP contribution in [0.3, 0.4) is 0 Å². The monoisotopic (exact) mass is 514 g/mol. The predicted octanol–water partition coefficient (Wildman–Crippen LogP) is 4.12. The van der Waals surface area contributed by atoms with Crippen molar-refractivity contribution in [2.45, 2.75) is 58.1 Å². The molecule has 29 heavy (non-hydrogen) atoms. The molecule has 2 aliphatic rings. The van der Waals surface area contributed by atoms with E-state index in [-0.39, 0.29) is 30.1 Å². The lowest BCUT2D eigenvalue weighted by Crippen LogP contribution is -2.47. The number of benzene rings is 1. The molecule has 2 aliphatic heterocycles. The molecule has 0 amide bonds. The number of hydrogen-bond acceptors (Lipinski definition) is 3. The third-order valence-electron chi connectivity index (χ3n) is 6.24. The first-order chi connectivity index (χ1) is 13.7. The quantitative estimate of drug-likeness (QED) is 0.327. The number of nitrogens with zero attached hydrogens (tertiary/aromatic N) is 2. The van der Waals surface area contributed by atoms with Crippen LogP contribution < -0.4 is 10.6 Å². The Hall–Kier alpha value is -0.860. The second-order valence-electron chi connectivity index (χ2n) is 8.24. The summed E-state index contributed by atoms with van der Waals surface area (Å²) in [7, 11) is 1.86. The summed E-state index contributed by atoms with van der Waals surface area (Å²) in [6.07, 6.45) is 6.35. The number of nitrogens with one attached hydrogen (secondary N) is 2. The summed E-state index contributed by atoms with van der Waals surface area (Å²) < 4.78 is 6.16. The summed E-state index contributed by atoms with van der Waals surface area (Å²) in [6.45, 7) is 9.60. The van der Waals surface area contributed by atoms with Crippen LogP contribution in [0.25, 0.3) is 0 Å². The van der Waals surface area contributed by atoms with Crippen LogP contribution in [0.5, 0.6) is 0 Å². The fourth-order valence-electron chi connectivity index (χ4n) is 4.48. The van der Waals surface area contributed by atoms with Gasteiger partial charge in [0.1, 0.15) is 0 Å². The van der Waals surface area contributed by atoms with E-state index in [0.717, 1.165) is 32.1 Å². The summed E-state index contributed by atoms with van der Waals surface area (Å²) in [4.78, 5) is 7.06. The van der Waals surface area contributed by atoms with Crippen LogP contribution in [0, 0.1) is 12.8 Å². The van der Waals surface area contributed by atoms with Gasteiger partial charge in [0.2, 0.25) is 0 Å². The summed E-state index contributed by atoms with van der Waals surface area (Å²) in [5, 5.41) is 7.12. The second-order valence-corrected chi connectivity index (χ2v) is 8.24. The molecule has 2 saturated heterocycles. The van der Waals surface area contributed by atoms with Crippen LogP contribution >= 0.6 is 24.0 Å². The van der Waals surface area contributed by atoms with Gasteiger partial charge in [-0.2, -0.15) is 0 Å². The van der Waals surface area contributed by atoms with Crippen molar-refractivity contribution in [2.24, 2.45) is 10.9 Å². The van der Waals surface area contributed by atoms with E-state index in [0.29, 0.717) is 12.0 Å². The van der Waals surface area contributed by atoms with Crippen LogP contribution in [-0.4, -0.2) is 56.7 Å². The van der Waals surface area contributed by atoms with Gasteiger partial charge in [-0.05, 0) is 57.7 Å². The standard InChI is InChI=1S/C23H38N4O.HI/c1-4-21(27-13-5-6-14-27)17-26-23(24-3)25-16-20-8-7-15-28-22(20)19-11-9-18(2)10-12-19;/h9-12,20-22H,4-8,13-17H2,1-3H3,(H2,24,25,26);1H. The highest BCUT2D eigenvalue weighted by atomic mass is 127. The van der Waals surface area contributed by atoms with Gasteiger partial charge < -0.3 is 15.4 Å². The van der Waals surface area contributed by atoms with E-state index in [1.807, 2.05) is 7.05 Å². The molecule has 2 heterocycles. The molecule has 2 fully saturated rings. The molecule has 1 aromatic rings. The van der Waals surface area contributed by atoms with Crippen molar-refractivity contribution in [3.05, 3.63) is 35.4 Å². The van der Waals surface area contributed by atoms with Gasteiger partial charge in [-0.3, -0.25) is 9.89 Å². The van der Waals surface area contributed by atoms with E-state index >= 15 is 0 Å². The fourth-order valence-corrected chi connectivity index (χ4v) is 4.48. The first-order valence-electron chi connectivity index (χ1n) is 11.1. The first-order valence-corrected chi connectivity index (χ1v) is 11.1. The van der Waals surface area contributed by atoms with Crippen LogP contribution in [0.4, 0.5) is 0 Å². The maximum Gasteiger partial charge on any atom is 0.191 e. The van der Waals surface area contributed by atoms with Crippen molar-refractivity contribution < 1.29 is 4.74 Å². The fraction of sp³-hybridized carbons (Fsp3) is 0.696. The summed E-state index contributed by atoms with van der Waals surface area (Å²) >= 11 is 0. The topological polar surface area (TPSA) is 48.9 Å². The zero-order valence-corrected chi connectivity index (χ0v) is 20.7. The zero-order chi connectivity index (χ0) is 19.8. The van der Waals surface area contributed by atoms with E-state index in [9.17, 15) is 0 Å². The summed E-state index contributed by atoms with van der Waals surface area (Å²) in [5.41, 5.74) is 2.59. The van der Waals surface area contributed by atoms with Gasteiger partial charge in [0.05, 0.1) is 6.10 Å². The minimum Gasteiger partial charge on any atom is -0.373 e. The third kappa shape index (κ3) is 7.10. The number of aryl methyl sites for hydroxylation is 1. The number of rotatable bonds is 7. The van der Waals surface area contributed by atoms with Gasteiger partial charge in [-0.1, -0.05) is 36.8 Å². The first kappa shape index (κ1) is 24.4. The van der Waals surface area contributed by atoms with Crippen LogP contribution in [-0.2, 0) is 4.74 Å². The Bertz CT molecular complexity index is 616. The van der Waals surface area contributed by atoms with Crippen LogP contribution in [0.15, 0.2) is 29.3 Å². The van der Waals surface area contributed by atoms with Crippen molar-refractivity contribution in [3.63, 3.8) is 0 Å². The van der Waals surface area contributed by atoms with Gasteiger partial charge >= 0.3 is 0 Å². The Balaban J connectivity index is 0.00000300. The lowest BCUT2D eigenvalue weighted by molar-refractivity contribution is -0.0265. The molecule has 0 bridgehead atoms. The smallest absolute Gasteiger partial charge is 0.191 e. The molecular weight excluding hydrogens is 475 g/mol. The molecule has 6 heteroatoms. The minimum absolute atomic E-state index is 0. The molecule has 3 rings (SSSR count). The summed E-state index contributed by atoms with van der Waals surface area (Å²) in [5.74, 6) is 1.38. The Morgan fingerprint density at radius 2 is 1.90 bits per heavy atom. The van der Waals surface area contributed by atoms with Crippen LogP contribution in [0.2, 0.25) is 0 Å². The Labute approximate surface area is 194 Å². The molecule has 0 radical (unpaired) electrons. The van der Waals surface area contributed by atoms with Gasteiger partial charge in [0, 0.05) is 38.7 Å². The summed E-state index contributed by atoms with van der Waals surface area (Å²) in [6, 6.07) is 9.39. The Morgan fingerprint density at radius 3 is 2.55 bits per heavy atom. The lowest BCUT2D eigenvalue weighted by atomic mass is 9.89. The highest BCUT2D eigenvalue weighted by molar-refractivity contribution is 14.0.